The summed E-state index contributed by atoms with van der Waals surface area (Å²) < 4.78 is 7.44. The number of carboxylic acid groups (broad SMARTS) is 1. The van der Waals surface area contributed by atoms with Gasteiger partial charge in [0.05, 0.1) is 20.6 Å². The van der Waals surface area contributed by atoms with Crippen molar-refractivity contribution in [1.29, 1.82) is 0 Å². The van der Waals surface area contributed by atoms with Crippen LogP contribution in [0.2, 0.25) is 0 Å². The van der Waals surface area contributed by atoms with Crippen LogP contribution in [0.15, 0.2) is 21.1 Å². The Morgan fingerprint density at radius 3 is 2.30 bits per heavy atom. The SMILES string of the molecule is CC1CCC(Oc2c(Br)cc(C(=O)O)cc2Br)CC1C. The zero-order valence-electron chi connectivity index (χ0n) is 11.5. The van der Waals surface area contributed by atoms with Gasteiger partial charge in [0.15, 0.2) is 0 Å². The van der Waals surface area contributed by atoms with E-state index in [2.05, 4.69) is 45.7 Å². The van der Waals surface area contributed by atoms with Crippen molar-refractivity contribution in [3.05, 3.63) is 26.6 Å². The first-order valence-corrected chi connectivity index (χ1v) is 8.36. The van der Waals surface area contributed by atoms with Crippen LogP contribution in [0.5, 0.6) is 5.75 Å². The Morgan fingerprint density at radius 1 is 1.20 bits per heavy atom. The summed E-state index contributed by atoms with van der Waals surface area (Å²) in [6, 6.07) is 3.16. The number of carboxylic acids is 1. The normalized spacial score (nSPS) is 26.3. The molecule has 0 aliphatic heterocycles. The lowest BCUT2D eigenvalue weighted by atomic mass is 9.80. The van der Waals surface area contributed by atoms with E-state index in [9.17, 15) is 4.79 Å². The number of benzene rings is 1. The van der Waals surface area contributed by atoms with Crippen LogP contribution in [0.25, 0.3) is 0 Å². The van der Waals surface area contributed by atoms with Gasteiger partial charge in [0, 0.05) is 0 Å². The van der Waals surface area contributed by atoms with Gasteiger partial charge in [-0.2, -0.15) is 0 Å². The highest BCUT2D eigenvalue weighted by atomic mass is 79.9. The van der Waals surface area contributed by atoms with Crippen LogP contribution < -0.4 is 4.74 Å². The van der Waals surface area contributed by atoms with Gasteiger partial charge < -0.3 is 9.84 Å². The maximum atomic E-state index is 11.0. The van der Waals surface area contributed by atoms with Gasteiger partial charge in [0.25, 0.3) is 0 Å². The molecule has 0 radical (unpaired) electrons. The third-order valence-corrected chi connectivity index (χ3v) is 5.26. The molecule has 1 fully saturated rings. The highest BCUT2D eigenvalue weighted by molar-refractivity contribution is 9.11. The number of carbonyl (C=O) groups is 1. The Kier molecular flexibility index (Phi) is 5.13. The molecule has 2 rings (SSSR count). The molecule has 1 aliphatic rings. The van der Waals surface area contributed by atoms with E-state index in [1.54, 1.807) is 12.1 Å². The molecule has 1 N–H and O–H groups in total. The number of rotatable bonds is 3. The molecule has 5 heteroatoms. The standard InChI is InChI=1S/C15H18Br2O3/c1-8-3-4-11(5-9(8)2)20-14-12(16)6-10(15(18)19)7-13(14)17/h6-9,11H,3-5H2,1-2H3,(H,18,19). The molecule has 3 nitrogen and oxygen atoms in total. The van der Waals surface area contributed by atoms with Crippen LogP contribution in [0.4, 0.5) is 0 Å². The quantitative estimate of drug-likeness (QED) is 0.759. The van der Waals surface area contributed by atoms with Crippen molar-refractivity contribution >= 4 is 37.8 Å². The minimum absolute atomic E-state index is 0.199. The summed E-state index contributed by atoms with van der Waals surface area (Å²) in [5.41, 5.74) is 0.238. The zero-order valence-corrected chi connectivity index (χ0v) is 14.7. The van der Waals surface area contributed by atoms with E-state index in [0.29, 0.717) is 20.6 Å². The molecule has 0 saturated heterocycles. The van der Waals surface area contributed by atoms with Crippen molar-refractivity contribution in [2.24, 2.45) is 11.8 Å². The molecule has 1 aromatic carbocycles. The summed E-state index contributed by atoms with van der Waals surface area (Å²) in [5.74, 6) is 1.15. The number of halogens is 2. The molecule has 0 bridgehead atoms. The predicted molar refractivity (Wildman–Crippen MR) is 85.4 cm³/mol. The summed E-state index contributed by atoms with van der Waals surface area (Å²) >= 11 is 6.80. The second kappa shape index (κ2) is 6.48. The Balaban J connectivity index is 2.16. The van der Waals surface area contributed by atoms with E-state index in [1.165, 1.54) is 6.42 Å². The molecule has 1 saturated carbocycles. The molecule has 20 heavy (non-hydrogen) atoms. The fourth-order valence-electron chi connectivity index (χ4n) is 2.57. The third-order valence-electron chi connectivity index (χ3n) is 4.08. The van der Waals surface area contributed by atoms with E-state index >= 15 is 0 Å². The van der Waals surface area contributed by atoms with Crippen molar-refractivity contribution < 1.29 is 14.6 Å². The number of hydrogen-bond acceptors (Lipinski definition) is 2. The minimum atomic E-state index is -0.946. The van der Waals surface area contributed by atoms with E-state index in [-0.39, 0.29) is 11.7 Å². The van der Waals surface area contributed by atoms with Crippen molar-refractivity contribution in [3.63, 3.8) is 0 Å². The second-order valence-corrected chi connectivity index (χ2v) is 7.29. The Labute approximate surface area is 136 Å². The molecular weight excluding hydrogens is 388 g/mol. The molecular formula is C15H18Br2O3. The van der Waals surface area contributed by atoms with Crippen LogP contribution in [-0.2, 0) is 0 Å². The van der Waals surface area contributed by atoms with Gasteiger partial charge in [-0.05, 0) is 75.1 Å². The summed E-state index contributed by atoms with van der Waals surface area (Å²) in [4.78, 5) is 11.0. The summed E-state index contributed by atoms with van der Waals surface area (Å²) in [6.45, 7) is 4.55. The topological polar surface area (TPSA) is 46.5 Å². The van der Waals surface area contributed by atoms with E-state index in [1.807, 2.05) is 0 Å². The van der Waals surface area contributed by atoms with Gasteiger partial charge in [-0.3, -0.25) is 0 Å². The Hall–Kier alpha value is -0.550. The van der Waals surface area contributed by atoms with Crippen molar-refractivity contribution in [1.82, 2.24) is 0 Å². The average molecular weight is 406 g/mol. The largest absolute Gasteiger partial charge is 0.488 e. The number of ether oxygens (including phenoxy) is 1. The van der Waals surface area contributed by atoms with Gasteiger partial charge in [-0.25, -0.2) is 4.79 Å². The number of aromatic carboxylic acids is 1. The summed E-state index contributed by atoms with van der Waals surface area (Å²) in [7, 11) is 0. The minimum Gasteiger partial charge on any atom is -0.488 e. The van der Waals surface area contributed by atoms with Crippen LogP contribution in [0, 0.1) is 11.8 Å². The van der Waals surface area contributed by atoms with Crippen LogP contribution in [0.3, 0.4) is 0 Å². The predicted octanol–water partition coefficient (Wildman–Crippen LogP) is 5.11. The van der Waals surface area contributed by atoms with Gasteiger partial charge >= 0.3 is 5.97 Å². The second-order valence-electron chi connectivity index (χ2n) is 5.58. The van der Waals surface area contributed by atoms with Crippen molar-refractivity contribution in [2.45, 2.75) is 39.2 Å². The van der Waals surface area contributed by atoms with Crippen LogP contribution >= 0.6 is 31.9 Å². The molecule has 3 atom stereocenters. The molecule has 110 valence electrons. The summed E-state index contributed by atoms with van der Waals surface area (Å²) in [5, 5.41) is 9.03. The van der Waals surface area contributed by atoms with Crippen LogP contribution in [0.1, 0.15) is 43.5 Å². The van der Waals surface area contributed by atoms with Crippen LogP contribution in [-0.4, -0.2) is 17.2 Å². The van der Waals surface area contributed by atoms with Gasteiger partial charge in [-0.1, -0.05) is 13.8 Å². The zero-order chi connectivity index (χ0) is 14.9. The lowest BCUT2D eigenvalue weighted by molar-refractivity contribution is 0.0696. The average Bonchev–Trinajstić information content (AvgIpc) is 2.37. The molecule has 0 heterocycles. The van der Waals surface area contributed by atoms with Crippen molar-refractivity contribution in [3.8, 4) is 5.75 Å². The van der Waals surface area contributed by atoms with Gasteiger partial charge in [0.2, 0.25) is 0 Å². The maximum Gasteiger partial charge on any atom is 0.335 e. The molecule has 1 aromatic rings. The fourth-order valence-corrected chi connectivity index (χ4v) is 3.94. The lowest BCUT2D eigenvalue weighted by Crippen LogP contribution is -2.29. The van der Waals surface area contributed by atoms with Gasteiger partial charge in [0.1, 0.15) is 5.75 Å². The molecule has 0 aromatic heterocycles. The first-order chi connectivity index (χ1) is 9.38. The molecule has 3 unspecified atom stereocenters. The van der Waals surface area contributed by atoms with E-state index < -0.39 is 5.97 Å². The fraction of sp³-hybridized carbons (Fsp3) is 0.533. The van der Waals surface area contributed by atoms with Gasteiger partial charge in [-0.15, -0.1) is 0 Å². The molecule has 0 amide bonds. The molecule has 0 spiro atoms. The molecule has 1 aliphatic carbocycles. The first kappa shape index (κ1) is 15.8. The summed E-state index contributed by atoms with van der Waals surface area (Å²) in [6.07, 6.45) is 3.46. The Bertz CT molecular complexity index is 493. The number of hydrogen-bond donors (Lipinski definition) is 1. The van der Waals surface area contributed by atoms with E-state index in [0.717, 1.165) is 18.8 Å². The highest BCUT2D eigenvalue weighted by Gasteiger charge is 2.27. The van der Waals surface area contributed by atoms with Crippen molar-refractivity contribution in [2.75, 3.05) is 0 Å². The first-order valence-electron chi connectivity index (χ1n) is 6.77. The highest BCUT2D eigenvalue weighted by Crippen LogP contribution is 2.38. The maximum absolute atomic E-state index is 11.0. The Morgan fingerprint density at radius 2 is 1.80 bits per heavy atom. The monoisotopic (exact) mass is 404 g/mol. The smallest absolute Gasteiger partial charge is 0.335 e. The third kappa shape index (κ3) is 3.55. The van der Waals surface area contributed by atoms with E-state index in [4.69, 9.17) is 9.84 Å². The lowest BCUT2D eigenvalue weighted by Gasteiger charge is -2.32.